The number of nitrogen functional groups attached to an aromatic ring is 1. The van der Waals surface area contributed by atoms with Crippen LogP contribution in [0.4, 0.5) is 5.69 Å². The highest BCUT2D eigenvalue weighted by Gasteiger charge is 2.15. The molecule has 0 atom stereocenters. The molecule has 0 fully saturated rings. The maximum atomic E-state index is 11.6. The third-order valence-electron chi connectivity index (χ3n) is 2.59. The second-order valence-electron chi connectivity index (χ2n) is 3.85. The van der Waals surface area contributed by atoms with E-state index in [1.54, 1.807) is 29.8 Å². The van der Waals surface area contributed by atoms with Crippen LogP contribution in [0.2, 0.25) is 0 Å². The number of nitrogens with two attached hydrogens (primary N) is 1. The minimum absolute atomic E-state index is 0.322. The fourth-order valence-corrected chi connectivity index (χ4v) is 1.77. The smallest absolute Gasteiger partial charge is 0.340 e. The van der Waals surface area contributed by atoms with Crippen molar-refractivity contribution in [3.05, 3.63) is 35.4 Å². The van der Waals surface area contributed by atoms with Crippen LogP contribution < -0.4 is 5.73 Å². The van der Waals surface area contributed by atoms with E-state index < -0.39 is 5.97 Å². The molecule has 0 saturated carbocycles. The summed E-state index contributed by atoms with van der Waals surface area (Å²) in [5.74, 6) is 0.889. The molecule has 0 saturated heterocycles. The second-order valence-corrected chi connectivity index (χ2v) is 3.85. The Bertz CT molecular complexity index is 604. The van der Waals surface area contributed by atoms with E-state index in [2.05, 4.69) is 14.8 Å². The number of esters is 1. The molecule has 1 heterocycles. The molecule has 1 aromatic carbocycles. The SMILES string of the molecule is COC(=O)c1cccc(-n2nc(C)nc2C)c1N. The van der Waals surface area contributed by atoms with Gasteiger partial charge >= 0.3 is 5.97 Å². The van der Waals surface area contributed by atoms with E-state index in [1.807, 2.05) is 6.92 Å². The average molecular weight is 246 g/mol. The predicted molar refractivity (Wildman–Crippen MR) is 66.6 cm³/mol. The monoisotopic (exact) mass is 246 g/mol. The maximum absolute atomic E-state index is 11.6. The summed E-state index contributed by atoms with van der Waals surface area (Å²) < 4.78 is 6.29. The Balaban J connectivity index is 2.59. The first kappa shape index (κ1) is 12.1. The fourth-order valence-electron chi connectivity index (χ4n) is 1.77. The number of nitrogens with zero attached hydrogens (tertiary/aromatic N) is 3. The van der Waals surface area contributed by atoms with Gasteiger partial charge in [-0.15, -0.1) is 0 Å². The molecule has 18 heavy (non-hydrogen) atoms. The van der Waals surface area contributed by atoms with E-state index in [-0.39, 0.29) is 0 Å². The number of aryl methyl sites for hydroxylation is 2. The number of carbonyl (C=O) groups excluding carboxylic acids is 1. The summed E-state index contributed by atoms with van der Waals surface area (Å²) in [6, 6.07) is 5.13. The normalized spacial score (nSPS) is 10.4. The van der Waals surface area contributed by atoms with Gasteiger partial charge in [-0.25, -0.2) is 14.5 Å². The molecular formula is C12H14N4O2. The van der Waals surface area contributed by atoms with Gasteiger partial charge in [-0.2, -0.15) is 5.10 Å². The summed E-state index contributed by atoms with van der Waals surface area (Å²) >= 11 is 0. The Kier molecular flexibility index (Phi) is 3.01. The second kappa shape index (κ2) is 4.48. The first-order valence-electron chi connectivity index (χ1n) is 5.42. The quantitative estimate of drug-likeness (QED) is 0.637. The van der Waals surface area contributed by atoms with Crippen LogP contribution in [0.1, 0.15) is 22.0 Å². The van der Waals surface area contributed by atoms with Gasteiger partial charge in [0.1, 0.15) is 11.6 Å². The molecule has 2 N–H and O–H groups in total. The van der Waals surface area contributed by atoms with E-state index in [0.717, 1.165) is 0 Å². The molecule has 2 aromatic rings. The van der Waals surface area contributed by atoms with Crippen molar-refractivity contribution in [2.24, 2.45) is 0 Å². The summed E-state index contributed by atoms with van der Waals surface area (Å²) in [6.07, 6.45) is 0. The average Bonchev–Trinajstić information content (AvgIpc) is 2.68. The molecule has 0 radical (unpaired) electrons. The molecule has 6 nitrogen and oxygen atoms in total. The first-order chi connectivity index (χ1) is 8.54. The Hall–Kier alpha value is -2.37. The van der Waals surface area contributed by atoms with Gasteiger partial charge in [0, 0.05) is 0 Å². The summed E-state index contributed by atoms with van der Waals surface area (Å²) in [7, 11) is 1.32. The lowest BCUT2D eigenvalue weighted by molar-refractivity contribution is 0.0602. The van der Waals surface area contributed by atoms with Crippen molar-refractivity contribution < 1.29 is 9.53 Å². The highest BCUT2D eigenvalue weighted by atomic mass is 16.5. The van der Waals surface area contributed by atoms with E-state index in [9.17, 15) is 4.79 Å². The van der Waals surface area contributed by atoms with Crippen LogP contribution in [0.3, 0.4) is 0 Å². The summed E-state index contributed by atoms with van der Waals surface area (Å²) in [5, 5.41) is 4.24. The van der Waals surface area contributed by atoms with Crippen LogP contribution in [0.15, 0.2) is 18.2 Å². The standard InChI is InChI=1S/C12H14N4O2/c1-7-14-8(2)16(15-7)10-6-4-5-9(11(10)13)12(17)18-3/h4-6H,13H2,1-3H3. The van der Waals surface area contributed by atoms with Crippen LogP contribution in [-0.2, 0) is 4.74 Å². The molecule has 0 unspecified atom stereocenters. The van der Waals surface area contributed by atoms with Crippen LogP contribution in [0, 0.1) is 13.8 Å². The number of ether oxygens (including phenoxy) is 1. The summed E-state index contributed by atoms with van der Waals surface area (Å²) in [6.45, 7) is 3.62. The van der Waals surface area contributed by atoms with E-state index in [4.69, 9.17) is 5.73 Å². The lowest BCUT2D eigenvalue weighted by Gasteiger charge is -2.10. The van der Waals surface area contributed by atoms with Gasteiger partial charge in [-0.3, -0.25) is 0 Å². The Morgan fingerprint density at radius 1 is 1.39 bits per heavy atom. The Morgan fingerprint density at radius 3 is 2.67 bits per heavy atom. The predicted octanol–water partition coefficient (Wildman–Crippen LogP) is 1.25. The number of para-hydroxylation sites is 1. The molecule has 0 aliphatic rings. The maximum Gasteiger partial charge on any atom is 0.340 e. The van der Waals surface area contributed by atoms with Crippen molar-refractivity contribution in [3.8, 4) is 5.69 Å². The van der Waals surface area contributed by atoms with Gasteiger partial charge in [-0.05, 0) is 26.0 Å². The number of carbonyl (C=O) groups is 1. The van der Waals surface area contributed by atoms with Crippen molar-refractivity contribution >= 4 is 11.7 Å². The molecule has 0 amide bonds. The Labute approximate surface area is 104 Å². The van der Waals surface area contributed by atoms with Crippen molar-refractivity contribution in [1.29, 1.82) is 0 Å². The van der Waals surface area contributed by atoms with E-state index in [1.165, 1.54) is 7.11 Å². The third kappa shape index (κ3) is 1.92. The first-order valence-corrected chi connectivity index (χ1v) is 5.42. The van der Waals surface area contributed by atoms with Crippen molar-refractivity contribution in [2.75, 3.05) is 12.8 Å². The molecule has 1 aromatic heterocycles. The van der Waals surface area contributed by atoms with Crippen molar-refractivity contribution in [3.63, 3.8) is 0 Å². The molecule has 0 spiro atoms. The van der Waals surface area contributed by atoms with Gasteiger partial charge in [-0.1, -0.05) is 6.07 Å². The van der Waals surface area contributed by atoms with Crippen molar-refractivity contribution in [1.82, 2.24) is 14.8 Å². The number of aromatic nitrogens is 3. The molecule has 94 valence electrons. The lowest BCUT2D eigenvalue weighted by Crippen LogP contribution is -2.10. The van der Waals surface area contributed by atoms with Gasteiger partial charge < -0.3 is 10.5 Å². The highest BCUT2D eigenvalue weighted by molar-refractivity contribution is 5.97. The van der Waals surface area contributed by atoms with E-state index >= 15 is 0 Å². The van der Waals surface area contributed by atoms with Crippen molar-refractivity contribution in [2.45, 2.75) is 13.8 Å². The Morgan fingerprint density at radius 2 is 2.11 bits per heavy atom. The van der Waals surface area contributed by atoms with Crippen LogP contribution >= 0.6 is 0 Å². The molecule has 0 aliphatic carbocycles. The molecule has 2 rings (SSSR count). The highest BCUT2D eigenvalue weighted by Crippen LogP contribution is 2.22. The third-order valence-corrected chi connectivity index (χ3v) is 2.59. The number of hydrogen-bond donors (Lipinski definition) is 1. The fraction of sp³-hybridized carbons (Fsp3) is 0.250. The van der Waals surface area contributed by atoms with Gasteiger partial charge in [0.15, 0.2) is 0 Å². The molecule has 0 aliphatic heterocycles. The van der Waals surface area contributed by atoms with Crippen LogP contribution in [0.5, 0.6) is 0 Å². The van der Waals surface area contributed by atoms with Gasteiger partial charge in [0.25, 0.3) is 0 Å². The number of methoxy groups -OCH3 is 1. The van der Waals surface area contributed by atoms with E-state index in [0.29, 0.717) is 28.6 Å². The molecule has 0 bridgehead atoms. The largest absolute Gasteiger partial charge is 0.465 e. The van der Waals surface area contributed by atoms with Crippen LogP contribution in [0.25, 0.3) is 5.69 Å². The zero-order chi connectivity index (χ0) is 13.3. The molecule has 6 heteroatoms. The number of benzene rings is 1. The lowest BCUT2D eigenvalue weighted by atomic mass is 10.1. The van der Waals surface area contributed by atoms with Crippen LogP contribution in [-0.4, -0.2) is 27.8 Å². The molecular weight excluding hydrogens is 232 g/mol. The minimum Gasteiger partial charge on any atom is -0.465 e. The number of anilines is 1. The summed E-state index contributed by atoms with van der Waals surface area (Å²) in [5.41, 5.74) is 7.25. The number of rotatable bonds is 2. The minimum atomic E-state index is -0.469. The van der Waals surface area contributed by atoms with Gasteiger partial charge in [0.05, 0.1) is 24.0 Å². The number of hydrogen-bond acceptors (Lipinski definition) is 5. The zero-order valence-electron chi connectivity index (χ0n) is 10.5. The summed E-state index contributed by atoms with van der Waals surface area (Å²) in [4.78, 5) is 15.8. The topological polar surface area (TPSA) is 83.0 Å². The van der Waals surface area contributed by atoms with Gasteiger partial charge in [0.2, 0.25) is 0 Å². The zero-order valence-corrected chi connectivity index (χ0v) is 10.5.